The van der Waals surface area contributed by atoms with Gasteiger partial charge in [0.05, 0.1) is 0 Å². The van der Waals surface area contributed by atoms with Gasteiger partial charge >= 0.3 is 0 Å². The first kappa shape index (κ1) is 23.2. The van der Waals surface area contributed by atoms with Gasteiger partial charge in [-0.05, 0) is 55.2 Å². The molecule has 156 valence electrons. The number of likely N-dealkylation sites (N-methyl/N-ethyl adjacent to an activating group) is 1. The molecule has 1 atom stereocenters. The van der Waals surface area contributed by atoms with Crippen LogP contribution in [0.25, 0.3) is 0 Å². The Kier molecular flexibility index (Phi) is 8.53. The number of ether oxygens (including phenoxy) is 1. The number of carbonyl (C=O) groups excluding carboxylic acids is 2. The summed E-state index contributed by atoms with van der Waals surface area (Å²) in [6.07, 6.45) is 0.479. The average molecular weight is 482 g/mol. The van der Waals surface area contributed by atoms with E-state index >= 15 is 0 Å². The van der Waals surface area contributed by atoms with Gasteiger partial charge in [-0.15, -0.1) is 0 Å². The van der Waals surface area contributed by atoms with Gasteiger partial charge in [0.1, 0.15) is 11.8 Å². The Morgan fingerprint density at radius 3 is 2.38 bits per heavy atom. The lowest BCUT2D eigenvalue weighted by molar-refractivity contribution is -0.142. The molecule has 2 rings (SSSR count). The lowest BCUT2D eigenvalue weighted by atomic mass is 10.1. The molecule has 29 heavy (non-hydrogen) atoms. The van der Waals surface area contributed by atoms with Gasteiger partial charge < -0.3 is 15.0 Å². The minimum atomic E-state index is -0.610. The molecule has 1 N–H and O–H groups in total. The predicted octanol–water partition coefficient (Wildman–Crippen LogP) is 4.65. The highest BCUT2D eigenvalue weighted by Crippen LogP contribution is 2.26. The minimum absolute atomic E-state index is 0.168. The predicted molar refractivity (Wildman–Crippen MR) is 119 cm³/mol. The third-order valence-electron chi connectivity index (χ3n) is 4.70. The first-order valence-electron chi connectivity index (χ1n) is 9.42. The third-order valence-corrected chi connectivity index (χ3v) is 6.32. The number of rotatable bonds is 8. The summed E-state index contributed by atoms with van der Waals surface area (Å²) in [6.45, 7) is 5.86. The Morgan fingerprint density at radius 2 is 1.83 bits per heavy atom. The van der Waals surface area contributed by atoms with Crippen LogP contribution in [-0.2, 0) is 16.1 Å². The van der Waals surface area contributed by atoms with Crippen molar-refractivity contribution in [1.29, 1.82) is 0 Å². The van der Waals surface area contributed by atoms with Crippen molar-refractivity contribution in [2.75, 3.05) is 13.7 Å². The highest BCUT2D eigenvalue weighted by atomic mass is 79.9. The Balaban J connectivity index is 2.24. The van der Waals surface area contributed by atoms with Crippen LogP contribution in [0.4, 0.5) is 0 Å². The van der Waals surface area contributed by atoms with Crippen molar-refractivity contribution in [2.24, 2.45) is 0 Å². The first-order valence-corrected chi connectivity index (χ1v) is 10.6. The van der Waals surface area contributed by atoms with Crippen LogP contribution in [0.15, 0.2) is 40.9 Å². The first-order chi connectivity index (χ1) is 13.8. The standard InChI is InChI=1S/C22H26BrClN2O3/c1-5-19(22(28)25-4)26(12-16-8-6-7-9-18(16)24)20(27)13-29-17-10-14(2)21(23)15(3)11-17/h6-11,19H,5,12-13H2,1-4H3,(H,25,28)/t19-/m1/s1. The molecule has 0 heterocycles. The molecule has 2 amide bonds. The summed E-state index contributed by atoms with van der Waals surface area (Å²) in [5.41, 5.74) is 2.83. The third kappa shape index (κ3) is 5.97. The van der Waals surface area contributed by atoms with Gasteiger partial charge in [0.25, 0.3) is 5.91 Å². The van der Waals surface area contributed by atoms with Gasteiger partial charge in [0, 0.05) is 23.1 Å². The molecule has 2 aromatic carbocycles. The van der Waals surface area contributed by atoms with Crippen LogP contribution in [0.2, 0.25) is 5.02 Å². The van der Waals surface area contributed by atoms with E-state index in [1.807, 2.05) is 51.1 Å². The van der Waals surface area contributed by atoms with Gasteiger partial charge in [-0.1, -0.05) is 52.7 Å². The minimum Gasteiger partial charge on any atom is -0.484 e. The monoisotopic (exact) mass is 480 g/mol. The number of hydrogen-bond acceptors (Lipinski definition) is 3. The molecule has 5 nitrogen and oxygen atoms in total. The van der Waals surface area contributed by atoms with E-state index < -0.39 is 6.04 Å². The van der Waals surface area contributed by atoms with Crippen LogP contribution in [0.5, 0.6) is 5.75 Å². The molecule has 0 aromatic heterocycles. The normalized spacial score (nSPS) is 11.7. The van der Waals surface area contributed by atoms with E-state index in [9.17, 15) is 9.59 Å². The summed E-state index contributed by atoms with van der Waals surface area (Å²) in [5, 5.41) is 3.19. The highest BCUT2D eigenvalue weighted by molar-refractivity contribution is 9.10. The van der Waals surface area contributed by atoms with Crippen molar-refractivity contribution in [3.63, 3.8) is 0 Å². The number of halogens is 2. The summed E-state index contributed by atoms with van der Waals surface area (Å²) in [5.74, 6) is 0.115. The van der Waals surface area contributed by atoms with Crippen LogP contribution in [0.3, 0.4) is 0 Å². The fourth-order valence-corrected chi connectivity index (χ4v) is 3.54. The molecule has 0 aliphatic rings. The molecule has 0 aliphatic carbocycles. The summed E-state index contributed by atoms with van der Waals surface area (Å²) in [7, 11) is 1.56. The van der Waals surface area contributed by atoms with E-state index in [0.29, 0.717) is 17.2 Å². The fourth-order valence-electron chi connectivity index (χ4n) is 3.11. The van der Waals surface area contributed by atoms with Crippen molar-refractivity contribution in [1.82, 2.24) is 10.2 Å². The van der Waals surface area contributed by atoms with Crippen LogP contribution < -0.4 is 10.1 Å². The molecule has 0 saturated heterocycles. The number of nitrogens with zero attached hydrogens (tertiary/aromatic N) is 1. The Hall–Kier alpha value is -2.05. The molecular formula is C22H26BrClN2O3. The number of aryl methyl sites for hydroxylation is 2. The molecule has 0 fully saturated rings. The van der Waals surface area contributed by atoms with Gasteiger partial charge in [0.15, 0.2) is 6.61 Å². The molecule has 0 radical (unpaired) electrons. The van der Waals surface area contributed by atoms with Crippen LogP contribution in [-0.4, -0.2) is 36.4 Å². The van der Waals surface area contributed by atoms with E-state index in [1.165, 1.54) is 4.90 Å². The zero-order valence-electron chi connectivity index (χ0n) is 17.1. The highest BCUT2D eigenvalue weighted by Gasteiger charge is 2.28. The maximum Gasteiger partial charge on any atom is 0.261 e. The average Bonchev–Trinajstić information content (AvgIpc) is 2.70. The number of amides is 2. The van der Waals surface area contributed by atoms with E-state index in [-0.39, 0.29) is 25.0 Å². The van der Waals surface area contributed by atoms with E-state index in [2.05, 4.69) is 21.2 Å². The summed E-state index contributed by atoms with van der Waals surface area (Å²) in [6, 6.07) is 10.4. The van der Waals surface area contributed by atoms with Crippen molar-refractivity contribution in [2.45, 2.75) is 39.8 Å². The number of hydrogen-bond donors (Lipinski definition) is 1. The molecule has 0 saturated carbocycles. The lowest BCUT2D eigenvalue weighted by Crippen LogP contribution is -2.49. The topological polar surface area (TPSA) is 58.6 Å². The maximum atomic E-state index is 13.1. The van der Waals surface area contributed by atoms with Crippen molar-refractivity contribution < 1.29 is 14.3 Å². The zero-order valence-corrected chi connectivity index (χ0v) is 19.4. The van der Waals surface area contributed by atoms with Crippen molar-refractivity contribution >= 4 is 39.3 Å². The smallest absolute Gasteiger partial charge is 0.261 e. The maximum absolute atomic E-state index is 13.1. The van der Waals surface area contributed by atoms with Gasteiger partial charge in [-0.3, -0.25) is 9.59 Å². The largest absolute Gasteiger partial charge is 0.484 e. The molecule has 0 unspecified atom stereocenters. The van der Waals surface area contributed by atoms with Crippen LogP contribution in [0.1, 0.15) is 30.0 Å². The lowest BCUT2D eigenvalue weighted by Gasteiger charge is -2.30. The van der Waals surface area contributed by atoms with Crippen molar-refractivity contribution in [3.05, 3.63) is 62.6 Å². The molecule has 0 aliphatic heterocycles. The zero-order chi connectivity index (χ0) is 21.6. The second kappa shape index (κ2) is 10.6. The number of carbonyl (C=O) groups is 2. The molecule has 0 bridgehead atoms. The van der Waals surface area contributed by atoms with Crippen molar-refractivity contribution in [3.8, 4) is 5.75 Å². The van der Waals surface area contributed by atoms with E-state index in [1.54, 1.807) is 13.1 Å². The number of nitrogens with one attached hydrogen (secondary N) is 1. The van der Waals surface area contributed by atoms with Gasteiger partial charge in [0.2, 0.25) is 5.91 Å². The molecule has 7 heteroatoms. The summed E-state index contributed by atoms with van der Waals surface area (Å²) in [4.78, 5) is 27.0. The van der Waals surface area contributed by atoms with Crippen LogP contribution >= 0.6 is 27.5 Å². The Labute approximate surface area is 185 Å². The molecule has 2 aromatic rings. The summed E-state index contributed by atoms with van der Waals surface area (Å²) >= 11 is 9.81. The molecular weight excluding hydrogens is 456 g/mol. The van der Waals surface area contributed by atoms with E-state index in [0.717, 1.165) is 21.2 Å². The fraction of sp³-hybridized carbons (Fsp3) is 0.364. The van der Waals surface area contributed by atoms with Gasteiger partial charge in [-0.2, -0.15) is 0 Å². The Morgan fingerprint density at radius 1 is 1.21 bits per heavy atom. The number of benzene rings is 2. The van der Waals surface area contributed by atoms with Crippen LogP contribution in [0, 0.1) is 13.8 Å². The SMILES string of the molecule is CC[C@H](C(=O)NC)N(Cc1ccccc1Cl)C(=O)COc1cc(C)c(Br)c(C)c1. The summed E-state index contributed by atoms with van der Waals surface area (Å²) < 4.78 is 6.78. The second-order valence-electron chi connectivity index (χ2n) is 6.81. The quantitative estimate of drug-likeness (QED) is 0.597. The van der Waals surface area contributed by atoms with E-state index in [4.69, 9.17) is 16.3 Å². The second-order valence-corrected chi connectivity index (χ2v) is 8.01. The molecule has 0 spiro atoms. The van der Waals surface area contributed by atoms with Gasteiger partial charge in [-0.25, -0.2) is 0 Å². The Bertz CT molecular complexity index is 865.